The van der Waals surface area contributed by atoms with Crippen LogP contribution in [0.3, 0.4) is 0 Å². The van der Waals surface area contributed by atoms with Crippen molar-refractivity contribution in [1.29, 1.82) is 5.26 Å². The molecule has 1 aromatic rings. The summed E-state index contributed by atoms with van der Waals surface area (Å²) < 4.78 is 0. The number of hydrogen-bond donors (Lipinski definition) is 0. The van der Waals surface area contributed by atoms with Crippen molar-refractivity contribution in [3.8, 4) is 6.07 Å². The third-order valence-corrected chi connectivity index (χ3v) is 5.71. The maximum atomic E-state index is 12.9. The first-order valence-electron chi connectivity index (χ1n) is 10.6. The number of likely N-dealkylation sites (tertiary alicyclic amines) is 1. The van der Waals surface area contributed by atoms with Gasteiger partial charge in [0, 0.05) is 51.5 Å². The van der Waals surface area contributed by atoms with E-state index in [1.807, 2.05) is 35.2 Å². The second-order valence-corrected chi connectivity index (χ2v) is 7.78. The number of nitrogens with zero attached hydrogens (tertiary/aromatic N) is 5. The molecule has 0 radical (unpaired) electrons. The van der Waals surface area contributed by atoms with Gasteiger partial charge in [-0.15, -0.1) is 0 Å². The molecule has 3 rings (SSSR count). The molecule has 0 aliphatic carbocycles. The molecule has 0 spiro atoms. The Morgan fingerprint density at radius 3 is 2.14 bits per heavy atom. The lowest BCUT2D eigenvalue weighted by Crippen LogP contribution is -2.52. The number of amides is 2. The van der Waals surface area contributed by atoms with Gasteiger partial charge in [-0.25, -0.2) is 0 Å². The van der Waals surface area contributed by atoms with Gasteiger partial charge in [0.2, 0.25) is 11.8 Å². The highest BCUT2D eigenvalue weighted by atomic mass is 16.2. The van der Waals surface area contributed by atoms with Gasteiger partial charge < -0.3 is 9.80 Å². The van der Waals surface area contributed by atoms with E-state index in [2.05, 4.69) is 15.9 Å². The fourth-order valence-corrected chi connectivity index (χ4v) is 3.98. The molecule has 2 fully saturated rings. The maximum absolute atomic E-state index is 12.9. The van der Waals surface area contributed by atoms with Crippen molar-refractivity contribution in [2.24, 2.45) is 0 Å². The van der Waals surface area contributed by atoms with Crippen LogP contribution >= 0.6 is 0 Å². The van der Waals surface area contributed by atoms with Gasteiger partial charge >= 0.3 is 0 Å². The monoisotopic (exact) mass is 397 g/mol. The van der Waals surface area contributed by atoms with Crippen LogP contribution in [-0.2, 0) is 9.59 Å². The van der Waals surface area contributed by atoms with E-state index in [4.69, 9.17) is 5.26 Å². The summed E-state index contributed by atoms with van der Waals surface area (Å²) in [6, 6.07) is 11.7. The fraction of sp³-hybridized carbons (Fsp3) is 0.591. The first-order valence-corrected chi connectivity index (χ1v) is 10.6. The fourth-order valence-electron chi connectivity index (χ4n) is 3.98. The van der Waals surface area contributed by atoms with Crippen molar-refractivity contribution in [2.75, 3.05) is 63.8 Å². The Balaban J connectivity index is 1.46. The molecule has 2 heterocycles. The molecule has 0 N–H and O–H groups in total. The molecule has 0 bridgehead atoms. The van der Waals surface area contributed by atoms with Crippen molar-refractivity contribution < 1.29 is 9.59 Å². The molecule has 0 saturated carbocycles. The number of para-hydroxylation sites is 1. The zero-order chi connectivity index (χ0) is 20.5. The largest absolute Gasteiger partial charge is 0.342 e. The van der Waals surface area contributed by atoms with Crippen LogP contribution in [0.1, 0.15) is 25.7 Å². The van der Waals surface area contributed by atoms with Crippen LogP contribution in [0.4, 0.5) is 5.69 Å². The van der Waals surface area contributed by atoms with Gasteiger partial charge in [0.1, 0.15) is 0 Å². The van der Waals surface area contributed by atoms with Gasteiger partial charge in [-0.1, -0.05) is 18.2 Å². The summed E-state index contributed by atoms with van der Waals surface area (Å²) in [4.78, 5) is 33.4. The lowest BCUT2D eigenvalue weighted by atomic mass is 10.1. The maximum Gasteiger partial charge on any atom is 0.241 e. The molecule has 1 aromatic carbocycles. The highest BCUT2D eigenvalue weighted by molar-refractivity contribution is 5.94. The summed E-state index contributed by atoms with van der Waals surface area (Å²) in [6.45, 7) is 6.18. The van der Waals surface area contributed by atoms with Crippen LogP contribution in [-0.4, -0.2) is 85.4 Å². The average Bonchev–Trinajstić information content (AvgIpc) is 2.77. The predicted octanol–water partition coefficient (Wildman–Crippen LogP) is 1.56. The third kappa shape index (κ3) is 6.28. The SMILES string of the molecule is N#CCCN(C(=O)CN1CCN(CC(=O)N2CCCCC2)CC1)c1ccccc1. The predicted molar refractivity (Wildman–Crippen MR) is 112 cm³/mol. The number of carbonyl (C=O) groups excluding carboxylic acids is 2. The molecular formula is C22H31N5O2. The van der Waals surface area contributed by atoms with Crippen molar-refractivity contribution in [2.45, 2.75) is 25.7 Å². The minimum absolute atomic E-state index is 0.0179. The average molecular weight is 398 g/mol. The summed E-state index contributed by atoms with van der Waals surface area (Å²) in [6.07, 6.45) is 3.77. The Kier molecular flexibility index (Phi) is 8.03. The number of anilines is 1. The second-order valence-electron chi connectivity index (χ2n) is 7.78. The Bertz CT molecular complexity index is 704. The number of piperazine rings is 1. The molecule has 0 unspecified atom stereocenters. The van der Waals surface area contributed by atoms with Crippen molar-refractivity contribution in [3.05, 3.63) is 30.3 Å². The van der Waals surface area contributed by atoms with Gasteiger partial charge in [0.05, 0.1) is 25.6 Å². The Hall–Kier alpha value is -2.43. The van der Waals surface area contributed by atoms with Gasteiger partial charge in [-0.2, -0.15) is 5.26 Å². The van der Waals surface area contributed by atoms with E-state index in [0.717, 1.165) is 57.8 Å². The molecule has 2 aliphatic heterocycles. The summed E-state index contributed by atoms with van der Waals surface area (Å²) in [7, 11) is 0. The summed E-state index contributed by atoms with van der Waals surface area (Å²) >= 11 is 0. The smallest absolute Gasteiger partial charge is 0.241 e. The number of hydrogen-bond acceptors (Lipinski definition) is 5. The highest BCUT2D eigenvalue weighted by Crippen LogP contribution is 2.15. The lowest BCUT2D eigenvalue weighted by molar-refractivity contribution is -0.134. The topological polar surface area (TPSA) is 70.9 Å². The van der Waals surface area contributed by atoms with Crippen LogP contribution in [0.5, 0.6) is 0 Å². The van der Waals surface area contributed by atoms with E-state index in [-0.39, 0.29) is 11.8 Å². The number of piperidine rings is 1. The quantitative estimate of drug-likeness (QED) is 0.698. The summed E-state index contributed by atoms with van der Waals surface area (Å²) in [5.74, 6) is 0.255. The molecule has 7 nitrogen and oxygen atoms in total. The molecule has 2 saturated heterocycles. The summed E-state index contributed by atoms with van der Waals surface area (Å²) in [5, 5.41) is 8.93. The molecule has 7 heteroatoms. The Labute approximate surface area is 173 Å². The molecule has 2 aliphatic rings. The van der Waals surface area contributed by atoms with Crippen molar-refractivity contribution in [3.63, 3.8) is 0 Å². The molecular weight excluding hydrogens is 366 g/mol. The summed E-state index contributed by atoms with van der Waals surface area (Å²) in [5.41, 5.74) is 0.832. The first kappa shape index (κ1) is 21.3. The normalized spacial score (nSPS) is 18.2. The first-order chi connectivity index (χ1) is 14.2. The molecule has 0 aromatic heterocycles. The van der Waals surface area contributed by atoms with Crippen LogP contribution in [0, 0.1) is 11.3 Å². The number of nitriles is 1. The van der Waals surface area contributed by atoms with Gasteiger partial charge in [-0.3, -0.25) is 19.4 Å². The van der Waals surface area contributed by atoms with Crippen LogP contribution in [0.15, 0.2) is 30.3 Å². The van der Waals surface area contributed by atoms with Gasteiger partial charge in [0.15, 0.2) is 0 Å². The van der Waals surface area contributed by atoms with Gasteiger partial charge in [0.25, 0.3) is 0 Å². The van der Waals surface area contributed by atoms with Crippen LogP contribution in [0.2, 0.25) is 0 Å². The van der Waals surface area contributed by atoms with E-state index in [1.54, 1.807) is 4.90 Å². The Morgan fingerprint density at radius 1 is 0.897 bits per heavy atom. The van der Waals surface area contributed by atoms with Crippen LogP contribution in [0.25, 0.3) is 0 Å². The van der Waals surface area contributed by atoms with Crippen LogP contribution < -0.4 is 4.90 Å². The lowest BCUT2D eigenvalue weighted by Gasteiger charge is -2.36. The van der Waals surface area contributed by atoms with E-state index in [0.29, 0.717) is 26.1 Å². The zero-order valence-corrected chi connectivity index (χ0v) is 17.1. The minimum Gasteiger partial charge on any atom is -0.342 e. The highest BCUT2D eigenvalue weighted by Gasteiger charge is 2.25. The van der Waals surface area contributed by atoms with Crippen molar-refractivity contribution >= 4 is 17.5 Å². The van der Waals surface area contributed by atoms with E-state index < -0.39 is 0 Å². The van der Waals surface area contributed by atoms with E-state index in [1.165, 1.54) is 6.42 Å². The molecule has 156 valence electrons. The number of carbonyl (C=O) groups is 2. The van der Waals surface area contributed by atoms with E-state index in [9.17, 15) is 9.59 Å². The van der Waals surface area contributed by atoms with Crippen molar-refractivity contribution in [1.82, 2.24) is 14.7 Å². The zero-order valence-electron chi connectivity index (χ0n) is 17.1. The standard InChI is InChI=1S/C22H31N5O2/c23-10-7-13-27(20-8-3-1-4-9-20)22(29)19-25-16-14-24(15-17-25)18-21(28)26-11-5-2-6-12-26/h1,3-4,8-9H,2,5-7,11-19H2. The molecule has 0 atom stereocenters. The Morgan fingerprint density at radius 2 is 1.52 bits per heavy atom. The minimum atomic E-state index is 0.0179. The number of benzene rings is 1. The van der Waals surface area contributed by atoms with E-state index >= 15 is 0 Å². The second kappa shape index (κ2) is 10.9. The molecule has 2 amide bonds. The number of rotatable bonds is 7. The van der Waals surface area contributed by atoms with Gasteiger partial charge in [-0.05, 0) is 31.4 Å². The third-order valence-electron chi connectivity index (χ3n) is 5.71. The molecule has 29 heavy (non-hydrogen) atoms.